The zero-order valence-electron chi connectivity index (χ0n) is 17.1. The van der Waals surface area contributed by atoms with Crippen LogP contribution in [0.25, 0.3) is 0 Å². The van der Waals surface area contributed by atoms with Gasteiger partial charge in [0.15, 0.2) is 0 Å². The fourth-order valence-corrected chi connectivity index (χ4v) is 4.80. The molecule has 1 aliphatic heterocycles. The van der Waals surface area contributed by atoms with Crippen molar-refractivity contribution in [2.75, 3.05) is 13.6 Å². The van der Waals surface area contributed by atoms with E-state index in [0.717, 1.165) is 49.4 Å². The molecule has 4 heterocycles. The maximum absolute atomic E-state index is 13.1. The van der Waals surface area contributed by atoms with Gasteiger partial charge in [0, 0.05) is 49.2 Å². The van der Waals surface area contributed by atoms with E-state index in [1.165, 1.54) is 22.3 Å². The highest BCUT2D eigenvalue weighted by atomic mass is 32.1. The molecule has 3 aromatic heterocycles. The van der Waals surface area contributed by atoms with E-state index in [0.29, 0.717) is 0 Å². The number of aromatic nitrogens is 2. The van der Waals surface area contributed by atoms with Gasteiger partial charge in [-0.1, -0.05) is 18.1 Å². The number of amides is 1. The molecule has 0 N–H and O–H groups in total. The van der Waals surface area contributed by atoms with E-state index < -0.39 is 0 Å². The molecule has 0 aliphatic carbocycles. The third kappa shape index (κ3) is 4.11. The van der Waals surface area contributed by atoms with Crippen molar-refractivity contribution in [2.45, 2.75) is 45.8 Å². The minimum absolute atomic E-state index is 0.0447. The molecule has 152 valence electrons. The lowest BCUT2D eigenvalue weighted by atomic mass is 10.0. The van der Waals surface area contributed by atoms with E-state index in [1.807, 2.05) is 25.5 Å². The van der Waals surface area contributed by atoms with Gasteiger partial charge in [0.25, 0.3) is 5.91 Å². The van der Waals surface area contributed by atoms with Crippen LogP contribution in [0.5, 0.6) is 0 Å². The van der Waals surface area contributed by atoms with Gasteiger partial charge >= 0.3 is 0 Å². The fourth-order valence-electron chi connectivity index (χ4n) is 3.68. The van der Waals surface area contributed by atoms with Gasteiger partial charge < -0.3 is 9.42 Å². The molecule has 6 nitrogen and oxygen atoms in total. The number of fused-ring (bicyclic) bond motifs is 1. The quantitative estimate of drug-likeness (QED) is 0.613. The van der Waals surface area contributed by atoms with Crippen molar-refractivity contribution < 1.29 is 9.32 Å². The lowest BCUT2D eigenvalue weighted by molar-refractivity contribution is 0.0736. The first kappa shape index (κ1) is 19.8. The molecule has 0 spiro atoms. The molecule has 0 fully saturated rings. The summed E-state index contributed by atoms with van der Waals surface area (Å²) < 4.78 is 4.92. The molecule has 0 unspecified atom stereocenters. The second kappa shape index (κ2) is 8.47. The van der Waals surface area contributed by atoms with Crippen LogP contribution >= 0.6 is 11.3 Å². The topological polar surface area (TPSA) is 62.5 Å². The van der Waals surface area contributed by atoms with Gasteiger partial charge in [-0.25, -0.2) is 0 Å². The van der Waals surface area contributed by atoms with Crippen LogP contribution in [0.15, 0.2) is 40.6 Å². The minimum Gasteiger partial charge on any atom is -0.364 e. The number of thiophene rings is 1. The molecule has 7 heteroatoms. The van der Waals surface area contributed by atoms with Gasteiger partial charge in [-0.05, 0) is 37.0 Å². The number of carbonyl (C=O) groups excluding carboxylic acids is 1. The van der Waals surface area contributed by atoms with Crippen LogP contribution < -0.4 is 0 Å². The number of rotatable bonds is 6. The first-order valence-electron chi connectivity index (χ1n) is 9.99. The van der Waals surface area contributed by atoms with Crippen LogP contribution in [-0.4, -0.2) is 39.4 Å². The van der Waals surface area contributed by atoms with Crippen molar-refractivity contribution in [1.29, 1.82) is 0 Å². The first-order chi connectivity index (χ1) is 14.1. The van der Waals surface area contributed by atoms with E-state index in [9.17, 15) is 4.79 Å². The SMILES string of the molecule is CCc1ccc(CN2CCc3c(C(=O)N(C)[C@@H](C)c4ccon4)csc3C2)nc1. The second-order valence-electron chi connectivity index (χ2n) is 7.54. The first-order valence-corrected chi connectivity index (χ1v) is 10.9. The summed E-state index contributed by atoms with van der Waals surface area (Å²) in [7, 11) is 1.83. The summed E-state index contributed by atoms with van der Waals surface area (Å²) in [6, 6.07) is 5.95. The molecule has 29 heavy (non-hydrogen) atoms. The average Bonchev–Trinajstić information content (AvgIpc) is 3.42. The zero-order chi connectivity index (χ0) is 20.4. The van der Waals surface area contributed by atoms with Gasteiger partial charge in [0.05, 0.1) is 17.3 Å². The summed E-state index contributed by atoms with van der Waals surface area (Å²) in [5.74, 6) is 0.0447. The van der Waals surface area contributed by atoms with Gasteiger partial charge in [0.1, 0.15) is 12.0 Å². The molecule has 3 aromatic rings. The number of aryl methyl sites for hydroxylation is 1. The molecular formula is C22H26N4O2S. The summed E-state index contributed by atoms with van der Waals surface area (Å²) >= 11 is 1.68. The number of pyridine rings is 1. The van der Waals surface area contributed by atoms with Crippen molar-refractivity contribution in [3.63, 3.8) is 0 Å². The Kier molecular flexibility index (Phi) is 5.78. The van der Waals surface area contributed by atoms with E-state index in [2.05, 4.69) is 34.1 Å². The third-order valence-corrected chi connectivity index (χ3v) is 6.74. The van der Waals surface area contributed by atoms with Crippen LogP contribution in [0, 0.1) is 0 Å². The van der Waals surface area contributed by atoms with Crippen LogP contribution in [0.4, 0.5) is 0 Å². The molecular weight excluding hydrogens is 384 g/mol. The summed E-state index contributed by atoms with van der Waals surface area (Å²) in [6.45, 7) is 6.75. The molecule has 0 saturated carbocycles. The molecule has 0 saturated heterocycles. The van der Waals surface area contributed by atoms with Crippen molar-refractivity contribution >= 4 is 17.2 Å². The minimum atomic E-state index is -0.131. The number of nitrogens with zero attached hydrogens (tertiary/aromatic N) is 4. The lowest BCUT2D eigenvalue weighted by Crippen LogP contribution is -2.33. The van der Waals surface area contributed by atoms with Gasteiger partial charge in [-0.3, -0.25) is 14.7 Å². The highest BCUT2D eigenvalue weighted by Gasteiger charge is 2.28. The normalized spacial score (nSPS) is 15.1. The third-order valence-electron chi connectivity index (χ3n) is 5.72. The van der Waals surface area contributed by atoms with Gasteiger partial charge in [-0.15, -0.1) is 11.3 Å². The summed E-state index contributed by atoms with van der Waals surface area (Å²) in [4.78, 5) is 23.1. The van der Waals surface area contributed by atoms with E-state index in [-0.39, 0.29) is 11.9 Å². The van der Waals surface area contributed by atoms with Gasteiger partial charge in [-0.2, -0.15) is 0 Å². The summed E-state index contributed by atoms with van der Waals surface area (Å²) in [6.07, 6.45) is 5.41. The van der Waals surface area contributed by atoms with E-state index >= 15 is 0 Å². The summed E-state index contributed by atoms with van der Waals surface area (Å²) in [5, 5.41) is 5.98. The Bertz CT molecular complexity index is 965. The Hall–Kier alpha value is -2.51. The molecule has 0 bridgehead atoms. The predicted molar refractivity (Wildman–Crippen MR) is 113 cm³/mol. The Morgan fingerprint density at radius 2 is 2.24 bits per heavy atom. The van der Waals surface area contributed by atoms with Crippen molar-refractivity contribution in [2.24, 2.45) is 0 Å². The smallest absolute Gasteiger partial charge is 0.255 e. The van der Waals surface area contributed by atoms with Crippen LogP contribution in [-0.2, 0) is 25.9 Å². The second-order valence-corrected chi connectivity index (χ2v) is 8.50. The Morgan fingerprint density at radius 3 is 2.93 bits per heavy atom. The number of carbonyl (C=O) groups is 1. The van der Waals surface area contributed by atoms with E-state index in [4.69, 9.17) is 4.52 Å². The number of hydrogen-bond acceptors (Lipinski definition) is 6. The fraction of sp³-hybridized carbons (Fsp3) is 0.409. The monoisotopic (exact) mass is 410 g/mol. The maximum Gasteiger partial charge on any atom is 0.255 e. The van der Waals surface area contributed by atoms with Crippen LogP contribution in [0.1, 0.15) is 57.6 Å². The highest BCUT2D eigenvalue weighted by molar-refractivity contribution is 7.10. The van der Waals surface area contributed by atoms with Gasteiger partial charge in [0.2, 0.25) is 0 Å². The molecule has 0 aromatic carbocycles. The highest BCUT2D eigenvalue weighted by Crippen LogP contribution is 2.31. The standard InChI is InChI=1S/C22H26N4O2S/c1-4-16-5-6-17(23-11-16)12-26-9-7-18-19(14-29-21(18)13-26)22(27)25(3)15(2)20-8-10-28-24-20/h5-6,8,10-11,14-15H,4,7,9,12-13H2,1-3H3/t15-/m0/s1. The largest absolute Gasteiger partial charge is 0.364 e. The molecule has 0 radical (unpaired) electrons. The van der Waals surface area contributed by atoms with Crippen molar-refractivity contribution in [1.82, 2.24) is 19.9 Å². The molecule has 4 rings (SSSR count). The molecule has 1 aliphatic rings. The summed E-state index contributed by atoms with van der Waals surface area (Å²) in [5.41, 5.74) is 5.15. The van der Waals surface area contributed by atoms with Crippen LogP contribution in [0.3, 0.4) is 0 Å². The lowest BCUT2D eigenvalue weighted by Gasteiger charge is -2.28. The van der Waals surface area contributed by atoms with Crippen LogP contribution in [0.2, 0.25) is 0 Å². The van der Waals surface area contributed by atoms with Crippen molar-refractivity contribution in [3.8, 4) is 0 Å². The Labute approximate surface area is 175 Å². The molecule has 1 atom stereocenters. The van der Waals surface area contributed by atoms with E-state index in [1.54, 1.807) is 22.3 Å². The average molecular weight is 411 g/mol. The van der Waals surface area contributed by atoms with Crippen molar-refractivity contribution in [3.05, 3.63) is 69.0 Å². The zero-order valence-corrected chi connectivity index (χ0v) is 17.9. The maximum atomic E-state index is 13.1. The predicted octanol–water partition coefficient (Wildman–Crippen LogP) is 4.09. The Morgan fingerprint density at radius 1 is 1.38 bits per heavy atom. The number of hydrogen-bond donors (Lipinski definition) is 0. The Balaban J connectivity index is 1.44. The molecule has 1 amide bonds.